The van der Waals surface area contributed by atoms with Gasteiger partial charge in [0, 0.05) is 17.2 Å². The molecule has 0 saturated heterocycles. The van der Waals surface area contributed by atoms with Gasteiger partial charge < -0.3 is 21.4 Å². The summed E-state index contributed by atoms with van der Waals surface area (Å²) < 4.78 is 2.36. The number of primary amides is 2. The highest BCUT2D eigenvalue weighted by molar-refractivity contribution is 9.10. The number of nitrogens with zero attached hydrogens (tertiary/aromatic N) is 1. The molecule has 7 nitrogen and oxygen atoms in total. The Kier molecular flexibility index (Phi) is 4.49. The molecule has 0 radical (unpaired) electrons. The highest BCUT2D eigenvalue weighted by atomic mass is 79.9. The van der Waals surface area contributed by atoms with Crippen LogP contribution in [0.4, 0.5) is 0 Å². The first kappa shape index (κ1) is 14.2. The van der Waals surface area contributed by atoms with Crippen molar-refractivity contribution in [2.45, 2.75) is 19.5 Å². The number of nitrogens with two attached hydrogens (primary N) is 2. The largest absolute Gasteiger partial charge is 0.367 e. The molecule has 0 aromatic carbocycles. The maximum absolute atomic E-state index is 11.9. The topological polar surface area (TPSA) is 120 Å². The Balaban J connectivity index is 2.93. The van der Waals surface area contributed by atoms with E-state index < -0.39 is 23.8 Å². The number of aromatic nitrogens is 1. The van der Waals surface area contributed by atoms with Crippen LogP contribution in [-0.4, -0.2) is 28.3 Å². The van der Waals surface area contributed by atoms with Crippen LogP contribution in [0.5, 0.6) is 0 Å². The van der Waals surface area contributed by atoms with E-state index in [9.17, 15) is 14.4 Å². The van der Waals surface area contributed by atoms with Gasteiger partial charge in [0.05, 0.1) is 0 Å². The molecule has 0 bridgehead atoms. The quantitative estimate of drug-likeness (QED) is 0.625. The van der Waals surface area contributed by atoms with Crippen molar-refractivity contribution < 1.29 is 14.4 Å². The summed E-state index contributed by atoms with van der Waals surface area (Å²) in [5.74, 6) is -2.58. The first-order valence-corrected chi connectivity index (χ1v) is 5.91. The average Bonchev–Trinajstić information content (AvgIpc) is 2.66. The number of hydrogen-bond donors (Lipinski definition) is 3. The van der Waals surface area contributed by atoms with E-state index >= 15 is 0 Å². The molecule has 1 aromatic rings. The van der Waals surface area contributed by atoms with Gasteiger partial charge >= 0.3 is 0 Å². The number of carbonyl (C=O) groups is 3. The summed E-state index contributed by atoms with van der Waals surface area (Å²) in [5.41, 5.74) is 10.2. The molecule has 18 heavy (non-hydrogen) atoms. The second-order valence-corrected chi connectivity index (χ2v) is 4.46. The minimum Gasteiger partial charge on any atom is -0.367 e. The van der Waals surface area contributed by atoms with Crippen LogP contribution in [0.25, 0.3) is 0 Å². The third kappa shape index (κ3) is 3.10. The molecule has 0 unspecified atom stereocenters. The van der Waals surface area contributed by atoms with Crippen molar-refractivity contribution in [3.8, 4) is 0 Å². The smallest absolute Gasteiger partial charge is 0.268 e. The molecule has 8 heteroatoms. The minimum absolute atomic E-state index is 0.303. The fourth-order valence-corrected chi connectivity index (χ4v) is 1.88. The number of hydrogen-bond acceptors (Lipinski definition) is 3. The Morgan fingerprint density at radius 1 is 1.39 bits per heavy atom. The lowest BCUT2D eigenvalue weighted by Gasteiger charge is -2.12. The molecule has 3 amide bonds. The van der Waals surface area contributed by atoms with Gasteiger partial charge in [-0.25, -0.2) is 0 Å². The van der Waals surface area contributed by atoms with Crippen LogP contribution in [0.15, 0.2) is 16.7 Å². The van der Waals surface area contributed by atoms with E-state index in [4.69, 9.17) is 11.5 Å². The molecule has 0 spiro atoms. The van der Waals surface area contributed by atoms with Crippen molar-refractivity contribution in [3.05, 3.63) is 22.4 Å². The van der Waals surface area contributed by atoms with Crippen LogP contribution in [0.2, 0.25) is 0 Å². The van der Waals surface area contributed by atoms with E-state index in [0.717, 1.165) is 0 Å². The van der Waals surface area contributed by atoms with Crippen molar-refractivity contribution in [2.75, 3.05) is 0 Å². The monoisotopic (exact) mass is 316 g/mol. The maximum atomic E-state index is 11.9. The van der Waals surface area contributed by atoms with Gasteiger partial charge in [-0.2, -0.15) is 0 Å². The minimum atomic E-state index is -1.52. The predicted octanol–water partition coefficient (Wildman–Crippen LogP) is -0.660. The zero-order valence-corrected chi connectivity index (χ0v) is 11.2. The van der Waals surface area contributed by atoms with Crippen LogP contribution >= 0.6 is 15.9 Å². The summed E-state index contributed by atoms with van der Waals surface area (Å²) in [5, 5.41) is 2.19. The number of aryl methyl sites for hydroxylation is 1. The van der Waals surface area contributed by atoms with Crippen molar-refractivity contribution in [1.29, 1.82) is 0 Å². The first-order chi connectivity index (χ1) is 8.36. The van der Waals surface area contributed by atoms with Gasteiger partial charge in [-0.05, 0) is 28.9 Å². The van der Waals surface area contributed by atoms with Crippen molar-refractivity contribution in [1.82, 2.24) is 9.88 Å². The summed E-state index contributed by atoms with van der Waals surface area (Å²) in [6.45, 7) is 2.41. The number of carbonyl (C=O) groups excluding carboxylic acids is 3. The molecule has 0 saturated carbocycles. The summed E-state index contributed by atoms with van der Waals surface area (Å²) >= 11 is 3.23. The van der Waals surface area contributed by atoms with Crippen LogP contribution in [-0.2, 0) is 16.1 Å². The molecule has 0 aliphatic carbocycles. The third-order valence-corrected chi connectivity index (χ3v) is 2.71. The summed E-state index contributed by atoms with van der Waals surface area (Å²) in [4.78, 5) is 33.8. The number of rotatable bonds is 5. The van der Waals surface area contributed by atoms with Crippen LogP contribution in [0.1, 0.15) is 17.4 Å². The highest BCUT2D eigenvalue weighted by Crippen LogP contribution is 2.15. The van der Waals surface area contributed by atoms with Crippen LogP contribution < -0.4 is 16.8 Å². The zero-order chi connectivity index (χ0) is 13.9. The number of amides is 3. The van der Waals surface area contributed by atoms with Gasteiger partial charge in [0.25, 0.3) is 5.91 Å². The van der Waals surface area contributed by atoms with E-state index in [1.54, 1.807) is 16.8 Å². The van der Waals surface area contributed by atoms with E-state index in [1.165, 1.54) is 0 Å². The zero-order valence-electron chi connectivity index (χ0n) is 9.64. The second-order valence-electron chi connectivity index (χ2n) is 3.54. The average molecular weight is 317 g/mol. The Morgan fingerprint density at radius 3 is 2.39 bits per heavy atom. The fraction of sp³-hybridized carbons (Fsp3) is 0.300. The first-order valence-electron chi connectivity index (χ1n) is 5.12. The molecule has 0 atom stereocenters. The molecular formula is C10H13BrN4O3. The van der Waals surface area contributed by atoms with E-state index in [2.05, 4.69) is 21.2 Å². The summed E-state index contributed by atoms with van der Waals surface area (Å²) in [7, 11) is 0. The lowest BCUT2D eigenvalue weighted by atomic mass is 10.2. The normalized spacial score (nSPS) is 10.4. The predicted molar refractivity (Wildman–Crippen MR) is 67.4 cm³/mol. The van der Waals surface area contributed by atoms with Crippen LogP contribution in [0.3, 0.4) is 0 Å². The molecular weight excluding hydrogens is 304 g/mol. The molecule has 5 N–H and O–H groups in total. The van der Waals surface area contributed by atoms with E-state index in [-0.39, 0.29) is 0 Å². The lowest BCUT2D eigenvalue weighted by Crippen LogP contribution is -2.52. The van der Waals surface area contributed by atoms with Crippen LogP contribution in [0, 0.1) is 0 Å². The van der Waals surface area contributed by atoms with Gasteiger partial charge in [0.15, 0.2) is 6.04 Å². The van der Waals surface area contributed by atoms with E-state index in [0.29, 0.717) is 16.7 Å². The second kappa shape index (κ2) is 5.67. The Hall–Kier alpha value is -1.83. The maximum Gasteiger partial charge on any atom is 0.268 e. The van der Waals surface area contributed by atoms with Gasteiger partial charge in [0.1, 0.15) is 5.69 Å². The molecule has 1 rings (SSSR count). The lowest BCUT2D eigenvalue weighted by molar-refractivity contribution is -0.128. The highest BCUT2D eigenvalue weighted by Gasteiger charge is 2.25. The molecule has 0 aliphatic rings. The fourth-order valence-electron chi connectivity index (χ4n) is 1.41. The van der Waals surface area contributed by atoms with Gasteiger partial charge in [0.2, 0.25) is 11.8 Å². The van der Waals surface area contributed by atoms with Gasteiger partial charge in [-0.15, -0.1) is 0 Å². The Labute approximate surface area is 112 Å². The van der Waals surface area contributed by atoms with Crippen molar-refractivity contribution in [2.24, 2.45) is 11.5 Å². The number of halogens is 1. The standard InChI is InChI=1S/C10H13BrN4O3/c1-2-15-4-5(11)3-6(15)10(18)14-7(8(12)16)9(13)17/h3-4,7H,2H2,1H3,(H2,12,16)(H2,13,17)(H,14,18). The molecule has 0 fully saturated rings. The molecule has 1 aromatic heterocycles. The van der Waals surface area contributed by atoms with Gasteiger partial charge in [-0.3, -0.25) is 14.4 Å². The molecule has 98 valence electrons. The number of nitrogens with one attached hydrogen (secondary N) is 1. The summed E-state index contributed by atoms with van der Waals surface area (Å²) in [6, 6.07) is 0.0502. The molecule has 0 aliphatic heterocycles. The Bertz CT molecular complexity index is 483. The summed E-state index contributed by atoms with van der Waals surface area (Å²) in [6.07, 6.45) is 1.71. The van der Waals surface area contributed by atoms with Gasteiger partial charge in [-0.1, -0.05) is 0 Å². The van der Waals surface area contributed by atoms with Crippen molar-refractivity contribution >= 4 is 33.7 Å². The molecule has 1 heterocycles. The van der Waals surface area contributed by atoms with E-state index in [1.807, 2.05) is 6.92 Å². The SMILES string of the molecule is CCn1cc(Br)cc1C(=O)NC(C(N)=O)C(N)=O. The third-order valence-electron chi connectivity index (χ3n) is 2.28. The Morgan fingerprint density at radius 2 is 1.94 bits per heavy atom. The van der Waals surface area contributed by atoms with Crippen molar-refractivity contribution in [3.63, 3.8) is 0 Å².